The van der Waals surface area contributed by atoms with Crippen LogP contribution in [0.4, 0.5) is 0 Å². The fourth-order valence-electron chi connectivity index (χ4n) is 3.89. The van der Waals surface area contributed by atoms with Crippen LogP contribution in [-0.2, 0) is 23.9 Å². The van der Waals surface area contributed by atoms with E-state index in [1.165, 1.54) is 13.2 Å². The Balaban J connectivity index is 0.000000311. The van der Waals surface area contributed by atoms with E-state index in [4.69, 9.17) is 5.11 Å². The first-order chi connectivity index (χ1) is 14.2. The van der Waals surface area contributed by atoms with Gasteiger partial charge in [0.25, 0.3) is 0 Å². The third-order valence-electron chi connectivity index (χ3n) is 6.04. The average Bonchev–Trinajstić information content (AvgIpc) is 2.68. The molecule has 0 aliphatic heterocycles. The molecule has 0 amide bonds. The summed E-state index contributed by atoms with van der Waals surface area (Å²) >= 11 is 0. The lowest BCUT2D eigenvalue weighted by atomic mass is 9.72. The number of carbonyl (C=O) groups excluding carboxylic acids is 3. The van der Waals surface area contributed by atoms with E-state index >= 15 is 0 Å². The quantitative estimate of drug-likeness (QED) is 0.510. The van der Waals surface area contributed by atoms with Crippen LogP contribution in [0.5, 0.6) is 0 Å². The van der Waals surface area contributed by atoms with Gasteiger partial charge in [0, 0.05) is 25.0 Å². The number of carboxylic acid groups (broad SMARTS) is 1. The van der Waals surface area contributed by atoms with Gasteiger partial charge in [-0.3, -0.25) is 9.59 Å². The number of hydrogen-bond acceptors (Lipinski definition) is 5. The second kappa shape index (κ2) is 10.5. The van der Waals surface area contributed by atoms with E-state index in [-0.39, 0.29) is 22.4 Å². The van der Waals surface area contributed by atoms with Gasteiger partial charge in [0.05, 0.1) is 7.11 Å². The fourth-order valence-corrected chi connectivity index (χ4v) is 3.89. The van der Waals surface area contributed by atoms with Gasteiger partial charge in [0.1, 0.15) is 0 Å². The molecule has 0 radical (unpaired) electrons. The van der Waals surface area contributed by atoms with Crippen LogP contribution in [0.2, 0.25) is 0 Å². The molecule has 0 bridgehead atoms. The van der Waals surface area contributed by atoms with Crippen LogP contribution in [0, 0.1) is 10.8 Å². The monoisotopic (exact) mass is 430 g/mol. The highest BCUT2D eigenvalue weighted by molar-refractivity contribution is 5.98. The number of carboxylic acids is 1. The van der Waals surface area contributed by atoms with Gasteiger partial charge in [0.15, 0.2) is 11.6 Å². The number of allylic oxidation sites excluding steroid dienone is 6. The van der Waals surface area contributed by atoms with Gasteiger partial charge in [0.2, 0.25) is 0 Å². The first-order valence-electron chi connectivity index (χ1n) is 10.4. The highest BCUT2D eigenvalue weighted by atomic mass is 16.5. The Hall–Kier alpha value is -2.76. The van der Waals surface area contributed by atoms with Crippen LogP contribution in [0.15, 0.2) is 46.6 Å². The predicted octanol–water partition coefficient (Wildman–Crippen LogP) is 4.75. The second-order valence-corrected chi connectivity index (χ2v) is 9.22. The standard InChI is InChI=1S/C13H18O3.C12H16O3/c1-9-10(5-6-12(15)16-4)13(2,3)8-7-11(9)14;1-8-9(4-5-11(14)15)12(2,3)7-6-10(8)13/h5-6H,7-8H2,1-4H3;4-5H,6-7H2,1-3H3,(H,14,15)/b6-5+;5-4+. The van der Waals surface area contributed by atoms with Crippen molar-refractivity contribution in [2.45, 2.75) is 67.2 Å². The maximum Gasteiger partial charge on any atom is 0.330 e. The minimum atomic E-state index is -0.982. The minimum Gasteiger partial charge on any atom is -0.478 e. The summed E-state index contributed by atoms with van der Waals surface area (Å²) in [5.41, 5.74) is 3.09. The highest BCUT2D eigenvalue weighted by Gasteiger charge is 2.31. The number of rotatable bonds is 4. The van der Waals surface area contributed by atoms with Crippen LogP contribution in [0.25, 0.3) is 0 Å². The van der Waals surface area contributed by atoms with Crippen molar-refractivity contribution in [3.63, 3.8) is 0 Å². The summed E-state index contributed by atoms with van der Waals surface area (Å²) in [5.74, 6) is -1.08. The number of aliphatic carboxylic acids is 1. The Morgan fingerprint density at radius 1 is 0.839 bits per heavy atom. The molecule has 31 heavy (non-hydrogen) atoms. The van der Waals surface area contributed by atoms with Crippen LogP contribution >= 0.6 is 0 Å². The first-order valence-corrected chi connectivity index (χ1v) is 10.4. The molecule has 6 heteroatoms. The van der Waals surface area contributed by atoms with Crippen LogP contribution in [0.3, 0.4) is 0 Å². The van der Waals surface area contributed by atoms with Crippen molar-refractivity contribution in [3.8, 4) is 0 Å². The number of ether oxygens (including phenoxy) is 1. The van der Waals surface area contributed by atoms with Crippen LogP contribution in [0.1, 0.15) is 67.2 Å². The van der Waals surface area contributed by atoms with E-state index in [9.17, 15) is 19.2 Å². The molecule has 0 atom stereocenters. The molecule has 2 aliphatic rings. The second-order valence-electron chi connectivity index (χ2n) is 9.22. The molecule has 2 rings (SSSR count). The predicted molar refractivity (Wildman–Crippen MR) is 119 cm³/mol. The van der Waals surface area contributed by atoms with Gasteiger partial charge in [-0.2, -0.15) is 0 Å². The smallest absolute Gasteiger partial charge is 0.330 e. The van der Waals surface area contributed by atoms with Gasteiger partial charge in [-0.05, 0) is 59.8 Å². The topological polar surface area (TPSA) is 97.7 Å². The summed E-state index contributed by atoms with van der Waals surface area (Å²) in [6.45, 7) is 11.8. The molecule has 0 aromatic carbocycles. The molecule has 6 nitrogen and oxygen atoms in total. The Morgan fingerprint density at radius 3 is 1.58 bits per heavy atom. The van der Waals surface area contributed by atoms with Crippen molar-refractivity contribution in [2.24, 2.45) is 10.8 Å². The summed E-state index contributed by atoms with van der Waals surface area (Å²) in [7, 11) is 1.34. The Bertz CT molecular complexity index is 878. The summed E-state index contributed by atoms with van der Waals surface area (Å²) in [4.78, 5) is 44.6. The van der Waals surface area contributed by atoms with Gasteiger partial charge in [-0.25, -0.2) is 9.59 Å². The molecule has 2 aliphatic carbocycles. The van der Waals surface area contributed by atoms with Gasteiger partial charge in [-0.1, -0.05) is 39.8 Å². The van der Waals surface area contributed by atoms with Crippen molar-refractivity contribution in [1.29, 1.82) is 0 Å². The molecule has 170 valence electrons. The summed E-state index contributed by atoms with van der Waals surface area (Å²) in [6, 6.07) is 0. The van der Waals surface area contributed by atoms with E-state index in [1.807, 2.05) is 20.8 Å². The van der Waals surface area contributed by atoms with Gasteiger partial charge < -0.3 is 9.84 Å². The Labute approximate surface area is 184 Å². The average molecular weight is 431 g/mol. The third kappa shape index (κ3) is 7.16. The number of ketones is 2. The molecule has 0 spiro atoms. The van der Waals surface area contributed by atoms with Crippen LogP contribution < -0.4 is 0 Å². The normalized spacial score (nSPS) is 20.7. The van der Waals surface area contributed by atoms with E-state index in [2.05, 4.69) is 18.6 Å². The molecular weight excluding hydrogens is 396 g/mol. The molecular formula is C25H34O6. The molecule has 0 unspecified atom stereocenters. The Morgan fingerprint density at radius 2 is 1.23 bits per heavy atom. The van der Waals surface area contributed by atoms with Crippen LogP contribution in [-0.4, -0.2) is 35.7 Å². The fraction of sp³-hybridized carbons (Fsp3) is 0.520. The zero-order valence-electron chi connectivity index (χ0n) is 19.6. The molecule has 1 N–H and O–H groups in total. The maximum atomic E-state index is 11.6. The molecule has 0 heterocycles. The number of Topliss-reactive ketones (excluding diaryl/α,β-unsaturated/α-hetero) is 2. The molecule has 0 aromatic heterocycles. The zero-order chi connectivity index (χ0) is 24.0. The van der Waals surface area contributed by atoms with Crippen molar-refractivity contribution >= 4 is 23.5 Å². The van der Waals surface area contributed by atoms with Gasteiger partial charge in [-0.15, -0.1) is 0 Å². The lowest BCUT2D eigenvalue weighted by Gasteiger charge is -2.31. The number of hydrogen-bond donors (Lipinski definition) is 1. The number of esters is 1. The highest BCUT2D eigenvalue weighted by Crippen LogP contribution is 2.40. The van der Waals surface area contributed by atoms with E-state index < -0.39 is 11.9 Å². The third-order valence-corrected chi connectivity index (χ3v) is 6.04. The summed E-state index contributed by atoms with van der Waals surface area (Å²) in [6.07, 6.45) is 8.48. The molecule has 0 aromatic rings. The van der Waals surface area contributed by atoms with Gasteiger partial charge >= 0.3 is 11.9 Å². The Kier molecular flexibility index (Phi) is 8.91. The molecule has 0 fully saturated rings. The number of carbonyl (C=O) groups is 4. The minimum absolute atomic E-state index is 0.0531. The summed E-state index contributed by atoms with van der Waals surface area (Å²) < 4.78 is 4.54. The van der Waals surface area contributed by atoms with Crippen molar-refractivity contribution in [2.75, 3.05) is 7.11 Å². The molecule has 0 saturated heterocycles. The van der Waals surface area contributed by atoms with E-state index in [0.29, 0.717) is 18.4 Å². The number of methoxy groups -OCH3 is 1. The largest absolute Gasteiger partial charge is 0.478 e. The lowest BCUT2D eigenvalue weighted by Crippen LogP contribution is -2.24. The van der Waals surface area contributed by atoms with Crippen molar-refractivity contribution in [3.05, 3.63) is 46.6 Å². The molecule has 0 saturated carbocycles. The first kappa shape index (κ1) is 26.3. The zero-order valence-corrected chi connectivity index (χ0v) is 19.6. The van der Waals surface area contributed by atoms with E-state index in [0.717, 1.165) is 35.6 Å². The van der Waals surface area contributed by atoms with Crippen molar-refractivity contribution in [1.82, 2.24) is 0 Å². The summed E-state index contributed by atoms with van der Waals surface area (Å²) in [5, 5.41) is 8.57. The lowest BCUT2D eigenvalue weighted by molar-refractivity contribution is -0.135. The maximum absolute atomic E-state index is 11.6. The van der Waals surface area contributed by atoms with Crippen molar-refractivity contribution < 1.29 is 29.0 Å². The van der Waals surface area contributed by atoms with E-state index in [1.54, 1.807) is 19.1 Å². The SMILES string of the molecule is CC1=C(/C=C/C(=O)O)C(C)(C)CCC1=O.COC(=O)/C=C/C1=C(C)C(=O)CCC1(C)C.